The second-order valence-electron chi connectivity index (χ2n) is 4.53. The highest BCUT2D eigenvalue weighted by molar-refractivity contribution is 5.86. The van der Waals surface area contributed by atoms with Crippen molar-refractivity contribution < 1.29 is 23.8 Å². The average molecular weight is 289 g/mol. The van der Waals surface area contributed by atoms with Crippen molar-refractivity contribution in [2.24, 2.45) is 0 Å². The Labute approximate surface area is 121 Å². The summed E-state index contributed by atoms with van der Waals surface area (Å²) in [5, 5.41) is 9.03. The van der Waals surface area contributed by atoms with E-state index in [-0.39, 0.29) is 18.0 Å². The summed E-state index contributed by atoms with van der Waals surface area (Å²) in [6.07, 6.45) is 1.47. The quantitative estimate of drug-likeness (QED) is 0.820. The third-order valence-corrected chi connectivity index (χ3v) is 3.06. The van der Waals surface area contributed by atoms with Gasteiger partial charge in [-0.1, -0.05) is 30.3 Å². The summed E-state index contributed by atoms with van der Waals surface area (Å²) in [7, 11) is 1.26. The van der Waals surface area contributed by atoms with Gasteiger partial charge in [0.15, 0.2) is 11.6 Å². The Kier molecular flexibility index (Phi) is 4.71. The molecule has 0 saturated carbocycles. The average Bonchev–Trinajstić information content (AvgIpc) is 2.95. The van der Waals surface area contributed by atoms with Crippen molar-refractivity contribution in [1.29, 1.82) is 0 Å². The molecular formula is C15H15NO5. The maximum Gasteiger partial charge on any atom is 0.360 e. The molecule has 0 saturated heterocycles. The van der Waals surface area contributed by atoms with Crippen LogP contribution in [0.5, 0.6) is 0 Å². The second kappa shape index (κ2) is 6.69. The largest absolute Gasteiger partial charge is 0.481 e. The van der Waals surface area contributed by atoms with Crippen LogP contribution in [0.1, 0.15) is 34.3 Å². The van der Waals surface area contributed by atoms with Crippen molar-refractivity contribution in [3.05, 3.63) is 53.7 Å². The minimum atomic E-state index is -0.899. The highest BCUT2D eigenvalue weighted by Gasteiger charge is 2.20. The summed E-state index contributed by atoms with van der Waals surface area (Å²) in [6, 6.07) is 9.27. The molecule has 1 aromatic heterocycles. The number of benzene rings is 1. The van der Waals surface area contributed by atoms with Crippen LogP contribution in [0, 0.1) is 0 Å². The van der Waals surface area contributed by atoms with Crippen molar-refractivity contribution in [2.45, 2.75) is 18.8 Å². The fraction of sp³-hybridized carbons (Fsp3) is 0.267. The van der Waals surface area contributed by atoms with Crippen molar-refractivity contribution >= 4 is 11.9 Å². The first-order chi connectivity index (χ1) is 10.1. The fourth-order valence-electron chi connectivity index (χ4n) is 2.06. The van der Waals surface area contributed by atoms with Gasteiger partial charge in [0.25, 0.3) is 0 Å². The fourth-order valence-corrected chi connectivity index (χ4v) is 2.06. The molecule has 2 rings (SSSR count). The molecule has 0 radical (unpaired) electrons. The molecule has 1 heterocycles. The molecule has 0 bridgehead atoms. The van der Waals surface area contributed by atoms with Gasteiger partial charge in [0.1, 0.15) is 6.26 Å². The van der Waals surface area contributed by atoms with Gasteiger partial charge in [-0.15, -0.1) is 0 Å². The molecule has 0 amide bonds. The van der Waals surface area contributed by atoms with Gasteiger partial charge in [0, 0.05) is 12.3 Å². The minimum absolute atomic E-state index is 0.0417. The Hall–Kier alpha value is -2.63. The topological polar surface area (TPSA) is 89.6 Å². The predicted molar refractivity (Wildman–Crippen MR) is 73.0 cm³/mol. The summed E-state index contributed by atoms with van der Waals surface area (Å²) in [5.74, 6) is -1.44. The van der Waals surface area contributed by atoms with E-state index >= 15 is 0 Å². The van der Waals surface area contributed by atoms with E-state index in [2.05, 4.69) is 9.72 Å². The summed E-state index contributed by atoms with van der Waals surface area (Å²) in [4.78, 5) is 26.3. The molecule has 0 aliphatic heterocycles. The monoisotopic (exact) mass is 289 g/mol. The van der Waals surface area contributed by atoms with Gasteiger partial charge in [-0.2, -0.15) is 0 Å². The number of carboxylic acid groups (broad SMARTS) is 1. The van der Waals surface area contributed by atoms with Crippen LogP contribution in [0.3, 0.4) is 0 Å². The summed E-state index contributed by atoms with van der Waals surface area (Å²) in [6.45, 7) is 0. The summed E-state index contributed by atoms with van der Waals surface area (Å²) >= 11 is 0. The van der Waals surface area contributed by atoms with Gasteiger partial charge in [-0.3, -0.25) is 4.79 Å². The van der Waals surface area contributed by atoms with Gasteiger partial charge in [-0.25, -0.2) is 9.78 Å². The number of carboxylic acids is 1. The van der Waals surface area contributed by atoms with Crippen LogP contribution in [0.2, 0.25) is 0 Å². The van der Waals surface area contributed by atoms with E-state index in [0.717, 1.165) is 5.56 Å². The smallest absolute Gasteiger partial charge is 0.360 e. The lowest BCUT2D eigenvalue weighted by Gasteiger charge is -2.13. The van der Waals surface area contributed by atoms with Crippen LogP contribution in [0.4, 0.5) is 0 Å². The van der Waals surface area contributed by atoms with Crippen LogP contribution in [-0.4, -0.2) is 29.1 Å². The van der Waals surface area contributed by atoms with Crippen LogP contribution in [-0.2, 0) is 16.0 Å². The van der Waals surface area contributed by atoms with E-state index in [9.17, 15) is 9.59 Å². The molecule has 0 aliphatic carbocycles. The summed E-state index contributed by atoms with van der Waals surface area (Å²) < 4.78 is 9.76. The van der Waals surface area contributed by atoms with E-state index in [1.54, 1.807) is 0 Å². The van der Waals surface area contributed by atoms with E-state index in [1.165, 1.54) is 13.4 Å². The lowest BCUT2D eigenvalue weighted by molar-refractivity contribution is -0.137. The van der Waals surface area contributed by atoms with Gasteiger partial charge in [0.05, 0.1) is 13.5 Å². The van der Waals surface area contributed by atoms with Crippen LogP contribution in [0.15, 0.2) is 41.0 Å². The van der Waals surface area contributed by atoms with Crippen LogP contribution >= 0.6 is 0 Å². The number of hydrogen-bond donors (Lipinski definition) is 1. The van der Waals surface area contributed by atoms with Crippen LogP contribution in [0.25, 0.3) is 0 Å². The zero-order valence-electron chi connectivity index (χ0n) is 11.5. The van der Waals surface area contributed by atoms with E-state index in [0.29, 0.717) is 12.3 Å². The Morgan fingerprint density at radius 1 is 1.33 bits per heavy atom. The minimum Gasteiger partial charge on any atom is -0.481 e. The van der Waals surface area contributed by atoms with Crippen molar-refractivity contribution in [1.82, 2.24) is 4.98 Å². The number of oxazole rings is 1. The lowest BCUT2D eigenvalue weighted by Crippen LogP contribution is -2.10. The zero-order valence-corrected chi connectivity index (χ0v) is 11.5. The molecule has 1 unspecified atom stereocenters. The first-order valence-electron chi connectivity index (χ1n) is 6.39. The first-order valence-corrected chi connectivity index (χ1v) is 6.39. The number of rotatable bonds is 6. The molecule has 1 atom stereocenters. The molecule has 0 aliphatic rings. The number of aromatic nitrogens is 1. The molecule has 1 N–H and O–H groups in total. The molecule has 6 heteroatoms. The van der Waals surface area contributed by atoms with Gasteiger partial charge in [-0.05, 0) is 5.56 Å². The lowest BCUT2D eigenvalue weighted by atomic mass is 9.92. The molecule has 6 nitrogen and oxygen atoms in total. The molecule has 110 valence electrons. The Balaban J connectivity index is 2.17. The number of ether oxygens (including phenoxy) is 1. The highest BCUT2D eigenvalue weighted by atomic mass is 16.5. The van der Waals surface area contributed by atoms with Crippen molar-refractivity contribution in [3.63, 3.8) is 0 Å². The Bertz CT molecular complexity index is 620. The number of esters is 1. The molecule has 21 heavy (non-hydrogen) atoms. The number of carbonyl (C=O) groups is 2. The standard InChI is InChI=1S/C15H15NO5/c1-20-15(19)12-9-21-13(16-12)7-11(8-14(17)18)10-5-3-2-4-6-10/h2-6,9,11H,7-8H2,1H3,(H,17,18). The van der Waals surface area contributed by atoms with Crippen molar-refractivity contribution in [2.75, 3.05) is 7.11 Å². The van der Waals surface area contributed by atoms with E-state index in [1.807, 2.05) is 30.3 Å². The van der Waals surface area contributed by atoms with Crippen molar-refractivity contribution in [3.8, 4) is 0 Å². The molecule has 1 aromatic carbocycles. The second-order valence-corrected chi connectivity index (χ2v) is 4.53. The SMILES string of the molecule is COC(=O)c1coc(CC(CC(=O)O)c2ccccc2)n1. The van der Waals surface area contributed by atoms with Gasteiger partial charge < -0.3 is 14.3 Å². The number of carbonyl (C=O) groups excluding carboxylic acids is 1. The molecule has 2 aromatic rings. The molecular weight excluding hydrogens is 274 g/mol. The number of nitrogens with zero attached hydrogens (tertiary/aromatic N) is 1. The van der Waals surface area contributed by atoms with E-state index < -0.39 is 11.9 Å². The third-order valence-electron chi connectivity index (χ3n) is 3.06. The number of hydrogen-bond acceptors (Lipinski definition) is 5. The maximum absolute atomic E-state index is 11.3. The zero-order chi connectivity index (χ0) is 15.2. The maximum atomic E-state index is 11.3. The predicted octanol–water partition coefficient (Wildman–Crippen LogP) is 2.26. The normalized spacial score (nSPS) is 11.9. The molecule has 0 spiro atoms. The van der Waals surface area contributed by atoms with Crippen LogP contribution < -0.4 is 0 Å². The first kappa shape index (κ1) is 14.8. The van der Waals surface area contributed by atoms with E-state index in [4.69, 9.17) is 9.52 Å². The molecule has 0 fully saturated rings. The highest BCUT2D eigenvalue weighted by Crippen LogP contribution is 2.24. The Morgan fingerprint density at radius 2 is 2.05 bits per heavy atom. The third kappa shape index (κ3) is 3.92. The van der Waals surface area contributed by atoms with Gasteiger partial charge >= 0.3 is 11.9 Å². The number of aliphatic carboxylic acids is 1. The van der Waals surface area contributed by atoms with Gasteiger partial charge in [0.2, 0.25) is 0 Å². The number of methoxy groups -OCH3 is 1. The summed E-state index contributed by atoms with van der Waals surface area (Å²) in [5.41, 5.74) is 0.965. The Morgan fingerprint density at radius 3 is 2.67 bits per heavy atom.